The third-order valence-corrected chi connectivity index (χ3v) is 4.99. The van der Waals surface area contributed by atoms with Gasteiger partial charge in [-0.25, -0.2) is 4.98 Å². The van der Waals surface area contributed by atoms with E-state index in [1.807, 2.05) is 47.8 Å². The van der Waals surface area contributed by atoms with Crippen molar-refractivity contribution in [1.82, 2.24) is 19.9 Å². The number of thiazole rings is 1. The van der Waals surface area contributed by atoms with E-state index in [9.17, 15) is 4.79 Å². The molecule has 4 rings (SSSR count). The largest absolute Gasteiger partial charge is 0.336 e. The summed E-state index contributed by atoms with van der Waals surface area (Å²) in [6.45, 7) is 0.443. The maximum Gasteiger partial charge on any atom is 0.256 e. The third-order valence-electron chi connectivity index (χ3n) is 4.05. The first-order valence-electron chi connectivity index (χ1n) is 8.17. The molecule has 0 aliphatic heterocycles. The molecule has 4 aromatic rings. The summed E-state index contributed by atoms with van der Waals surface area (Å²) in [5.41, 5.74) is 3.84. The zero-order valence-corrected chi connectivity index (χ0v) is 15.0. The second-order valence-corrected chi connectivity index (χ2v) is 6.76. The summed E-state index contributed by atoms with van der Waals surface area (Å²) < 4.78 is 0. The van der Waals surface area contributed by atoms with Crippen LogP contribution in [0.4, 0.5) is 0 Å². The molecule has 0 aliphatic rings. The minimum atomic E-state index is -0.0923. The SMILES string of the molecule is CN(Cc1csc(-c2ccccc2)n1)C(=O)c1cccc2nccnc12. The number of amides is 1. The van der Waals surface area contributed by atoms with Gasteiger partial charge in [0.25, 0.3) is 5.91 Å². The summed E-state index contributed by atoms with van der Waals surface area (Å²) in [7, 11) is 1.78. The number of aromatic nitrogens is 3. The molecule has 128 valence electrons. The van der Waals surface area contributed by atoms with Gasteiger partial charge in [0, 0.05) is 30.4 Å². The molecule has 0 radical (unpaired) electrons. The number of rotatable bonds is 4. The van der Waals surface area contributed by atoms with E-state index in [0.29, 0.717) is 23.1 Å². The summed E-state index contributed by atoms with van der Waals surface area (Å²) in [6, 6.07) is 15.5. The van der Waals surface area contributed by atoms with E-state index in [-0.39, 0.29) is 5.91 Å². The van der Waals surface area contributed by atoms with Gasteiger partial charge in [-0.15, -0.1) is 11.3 Å². The summed E-state index contributed by atoms with van der Waals surface area (Å²) in [5.74, 6) is -0.0923. The first kappa shape index (κ1) is 16.4. The molecule has 5 nitrogen and oxygen atoms in total. The molecule has 0 spiro atoms. The molecule has 0 bridgehead atoms. The van der Waals surface area contributed by atoms with Gasteiger partial charge in [0.1, 0.15) is 10.5 Å². The van der Waals surface area contributed by atoms with Crippen molar-refractivity contribution in [2.75, 3.05) is 7.05 Å². The fourth-order valence-electron chi connectivity index (χ4n) is 2.78. The highest BCUT2D eigenvalue weighted by atomic mass is 32.1. The summed E-state index contributed by atoms with van der Waals surface area (Å²) in [6.07, 6.45) is 3.23. The Hall–Kier alpha value is -3.12. The van der Waals surface area contributed by atoms with Gasteiger partial charge < -0.3 is 4.90 Å². The molecule has 0 atom stereocenters. The van der Waals surface area contributed by atoms with E-state index in [1.165, 1.54) is 0 Å². The number of nitrogens with zero attached hydrogens (tertiary/aromatic N) is 4. The normalized spacial score (nSPS) is 10.8. The molecule has 2 aromatic carbocycles. The Labute approximate surface area is 155 Å². The van der Waals surface area contributed by atoms with E-state index in [0.717, 1.165) is 16.3 Å². The lowest BCUT2D eigenvalue weighted by Gasteiger charge is -2.16. The van der Waals surface area contributed by atoms with Crippen LogP contribution in [0.5, 0.6) is 0 Å². The van der Waals surface area contributed by atoms with Gasteiger partial charge in [0.2, 0.25) is 0 Å². The third kappa shape index (κ3) is 3.19. The van der Waals surface area contributed by atoms with Crippen LogP contribution in [0.25, 0.3) is 21.6 Å². The van der Waals surface area contributed by atoms with Crippen LogP contribution in [0, 0.1) is 0 Å². The Morgan fingerprint density at radius 3 is 2.69 bits per heavy atom. The Bertz CT molecular complexity index is 1060. The van der Waals surface area contributed by atoms with E-state index < -0.39 is 0 Å². The Kier molecular flexibility index (Phi) is 4.41. The number of hydrogen-bond donors (Lipinski definition) is 0. The minimum absolute atomic E-state index is 0.0923. The monoisotopic (exact) mass is 360 g/mol. The van der Waals surface area contributed by atoms with Crippen molar-refractivity contribution in [1.29, 1.82) is 0 Å². The van der Waals surface area contributed by atoms with Crippen LogP contribution in [-0.2, 0) is 6.54 Å². The lowest BCUT2D eigenvalue weighted by molar-refractivity contribution is 0.0785. The highest BCUT2D eigenvalue weighted by molar-refractivity contribution is 7.13. The molecule has 0 N–H and O–H groups in total. The van der Waals surface area contributed by atoms with Crippen LogP contribution in [0.2, 0.25) is 0 Å². The second kappa shape index (κ2) is 7.01. The van der Waals surface area contributed by atoms with Crippen molar-refractivity contribution in [2.45, 2.75) is 6.54 Å². The van der Waals surface area contributed by atoms with Gasteiger partial charge in [-0.05, 0) is 12.1 Å². The van der Waals surface area contributed by atoms with Gasteiger partial charge >= 0.3 is 0 Å². The van der Waals surface area contributed by atoms with Crippen molar-refractivity contribution >= 4 is 28.3 Å². The van der Waals surface area contributed by atoms with Crippen LogP contribution >= 0.6 is 11.3 Å². The van der Waals surface area contributed by atoms with Crippen LogP contribution in [0.3, 0.4) is 0 Å². The molecule has 2 aromatic heterocycles. The van der Waals surface area contributed by atoms with Crippen molar-refractivity contribution in [3.63, 3.8) is 0 Å². The predicted octanol–water partition coefficient (Wildman–Crippen LogP) is 4.03. The van der Waals surface area contributed by atoms with Gasteiger partial charge in [-0.2, -0.15) is 0 Å². The topological polar surface area (TPSA) is 59.0 Å². The van der Waals surface area contributed by atoms with Gasteiger partial charge in [-0.1, -0.05) is 36.4 Å². The van der Waals surface area contributed by atoms with Crippen LogP contribution in [-0.4, -0.2) is 32.8 Å². The molecule has 6 heteroatoms. The number of hydrogen-bond acceptors (Lipinski definition) is 5. The molecular formula is C20H16N4OS. The number of carbonyl (C=O) groups is 1. The number of fused-ring (bicyclic) bond motifs is 1. The second-order valence-electron chi connectivity index (χ2n) is 5.90. The zero-order valence-electron chi connectivity index (χ0n) is 14.2. The van der Waals surface area contributed by atoms with Crippen LogP contribution in [0.15, 0.2) is 66.3 Å². The highest BCUT2D eigenvalue weighted by Crippen LogP contribution is 2.24. The maximum absolute atomic E-state index is 12.9. The number of benzene rings is 2. The molecule has 2 heterocycles. The molecule has 26 heavy (non-hydrogen) atoms. The van der Waals surface area contributed by atoms with E-state index in [2.05, 4.69) is 15.0 Å². The fourth-order valence-corrected chi connectivity index (χ4v) is 3.60. The minimum Gasteiger partial charge on any atom is -0.336 e. The molecule has 1 amide bonds. The Morgan fingerprint density at radius 1 is 1.04 bits per heavy atom. The molecular weight excluding hydrogens is 344 g/mol. The Balaban J connectivity index is 1.56. The van der Waals surface area contributed by atoms with Gasteiger partial charge in [0.05, 0.1) is 23.3 Å². The van der Waals surface area contributed by atoms with Crippen LogP contribution < -0.4 is 0 Å². The molecule has 0 saturated heterocycles. The van der Waals surface area contributed by atoms with Crippen molar-refractivity contribution in [3.8, 4) is 10.6 Å². The van der Waals surface area contributed by atoms with E-state index >= 15 is 0 Å². The van der Waals surface area contributed by atoms with Gasteiger partial charge in [-0.3, -0.25) is 14.8 Å². The standard InChI is InChI=1S/C20H16N4OS/c1-24(12-15-13-26-19(23-15)14-6-3-2-4-7-14)20(25)16-8-5-9-17-18(16)22-11-10-21-17/h2-11,13H,12H2,1H3. The number of carbonyl (C=O) groups excluding carboxylic acids is 1. The molecule has 0 unspecified atom stereocenters. The summed E-state index contributed by atoms with van der Waals surface area (Å²) in [5, 5.41) is 2.95. The average molecular weight is 360 g/mol. The highest BCUT2D eigenvalue weighted by Gasteiger charge is 2.17. The molecule has 0 aliphatic carbocycles. The lowest BCUT2D eigenvalue weighted by Crippen LogP contribution is -2.26. The van der Waals surface area contributed by atoms with E-state index in [1.54, 1.807) is 41.7 Å². The van der Waals surface area contributed by atoms with Crippen LogP contribution in [0.1, 0.15) is 16.1 Å². The maximum atomic E-state index is 12.9. The number of para-hydroxylation sites is 1. The average Bonchev–Trinajstić information content (AvgIpc) is 3.16. The molecule has 0 fully saturated rings. The molecule has 0 saturated carbocycles. The van der Waals surface area contributed by atoms with Crippen molar-refractivity contribution in [3.05, 3.63) is 77.6 Å². The quantitative estimate of drug-likeness (QED) is 0.551. The van der Waals surface area contributed by atoms with Gasteiger partial charge in [0.15, 0.2) is 0 Å². The van der Waals surface area contributed by atoms with Crippen molar-refractivity contribution in [2.24, 2.45) is 0 Å². The summed E-state index contributed by atoms with van der Waals surface area (Å²) >= 11 is 1.58. The van der Waals surface area contributed by atoms with Crippen molar-refractivity contribution < 1.29 is 4.79 Å². The smallest absolute Gasteiger partial charge is 0.256 e. The summed E-state index contributed by atoms with van der Waals surface area (Å²) in [4.78, 5) is 27.8. The lowest BCUT2D eigenvalue weighted by atomic mass is 10.1. The Morgan fingerprint density at radius 2 is 1.85 bits per heavy atom. The fraction of sp³-hybridized carbons (Fsp3) is 0.100. The zero-order chi connectivity index (χ0) is 17.9. The predicted molar refractivity (Wildman–Crippen MR) is 103 cm³/mol. The van der Waals surface area contributed by atoms with E-state index in [4.69, 9.17) is 0 Å². The first-order chi connectivity index (χ1) is 12.7. The first-order valence-corrected chi connectivity index (χ1v) is 9.05.